The molecule has 2 heterocycles. The van der Waals surface area contributed by atoms with E-state index in [1.807, 2.05) is 0 Å². The van der Waals surface area contributed by atoms with E-state index in [1.165, 1.54) is 4.90 Å². The molecule has 8 heteroatoms. The zero-order valence-electron chi connectivity index (χ0n) is 11.5. The van der Waals surface area contributed by atoms with E-state index in [0.29, 0.717) is 23.9 Å². The van der Waals surface area contributed by atoms with Crippen molar-refractivity contribution in [2.24, 2.45) is 5.73 Å². The molecule has 3 amide bonds. The molecule has 0 spiro atoms. The standard InChI is InChI=1S/C14H13ClN4O3/c15-9-3-1-8(2-4-9)12-5-11(18-22-12)13(20)17-10-6-19(7-10)14(16)21/h1-5,10H,6-7H2,(H2,16,21)(H,17,20). The number of carbonyl (C=O) groups excluding carboxylic acids is 2. The molecule has 0 radical (unpaired) electrons. The van der Waals surface area contributed by atoms with Gasteiger partial charge in [-0.3, -0.25) is 4.79 Å². The molecule has 1 aliphatic rings. The molecule has 1 aromatic heterocycles. The summed E-state index contributed by atoms with van der Waals surface area (Å²) >= 11 is 5.82. The number of aromatic nitrogens is 1. The van der Waals surface area contributed by atoms with Gasteiger partial charge in [-0.05, 0) is 24.3 Å². The maximum Gasteiger partial charge on any atom is 0.314 e. The Morgan fingerprint density at radius 3 is 2.64 bits per heavy atom. The van der Waals surface area contributed by atoms with Crippen LogP contribution in [-0.4, -0.2) is 41.1 Å². The number of nitrogens with zero attached hydrogens (tertiary/aromatic N) is 2. The highest BCUT2D eigenvalue weighted by Gasteiger charge is 2.31. The van der Waals surface area contributed by atoms with Crippen molar-refractivity contribution in [2.75, 3.05) is 13.1 Å². The summed E-state index contributed by atoms with van der Waals surface area (Å²) in [5.74, 6) is 0.132. The van der Waals surface area contributed by atoms with Gasteiger partial charge in [-0.2, -0.15) is 0 Å². The second-order valence-corrected chi connectivity index (χ2v) is 5.43. The van der Waals surface area contributed by atoms with Gasteiger partial charge in [0.15, 0.2) is 11.5 Å². The van der Waals surface area contributed by atoms with Crippen molar-refractivity contribution in [3.63, 3.8) is 0 Å². The van der Waals surface area contributed by atoms with Crippen LogP contribution in [0.3, 0.4) is 0 Å². The average molecular weight is 321 g/mol. The zero-order chi connectivity index (χ0) is 15.7. The largest absolute Gasteiger partial charge is 0.355 e. The lowest BCUT2D eigenvalue weighted by Gasteiger charge is -2.37. The molecule has 3 N–H and O–H groups in total. The highest BCUT2D eigenvalue weighted by molar-refractivity contribution is 6.30. The lowest BCUT2D eigenvalue weighted by atomic mass is 10.1. The van der Waals surface area contributed by atoms with E-state index in [-0.39, 0.29) is 17.6 Å². The number of nitrogens with two attached hydrogens (primary N) is 1. The minimum Gasteiger partial charge on any atom is -0.355 e. The van der Waals surface area contributed by atoms with E-state index < -0.39 is 6.03 Å². The molecule has 0 aliphatic carbocycles. The number of rotatable bonds is 3. The predicted octanol–water partition coefficient (Wildman–Crippen LogP) is 1.49. The normalized spacial score (nSPS) is 14.5. The van der Waals surface area contributed by atoms with Crippen LogP contribution in [0.15, 0.2) is 34.9 Å². The van der Waals surface area contributed by atoms with Gasteiger partial charge in [0.2, 0.25) is 0 Å². The first-order valence-electron chi connectivity index (χ1n) is 6.61. The number of likely N-dealkylation sites (tertiary alicyclic amines) is 1. The third kappa shape index (κ3) is 2.89. The van der Waals surface area contributed by atoms with E-state index >= 15 is 0 Å². The van der Waals surface area contributed by atoms with Crippen LogP contribution in [0, 0.1) is 0 Å². The van der Waals surface area contributed by atoms with Crippen molar-refractivity contribution < 1.29 is 14.1 Å². The van der Waals surface area contributed by atoms with Gasteiger partial charge in [-0.1, -0.05) is 16.8 Å². The van der Waals surface area contributed by atoms with Gasteiger partial charge >= 0.3 is 6.03 Å². The molecule has 1 saturated heterocycles. The van der Waals surface area contributed by atoms with E-state index in [4.69, 9.17) is 21.9 Å². The number of hydrogen-bond acceptors (Lipinski definition) is 4. The number of urea groups is 1. The lowest BCUT2D eigenvalue weighted by molar-refractivity contribution is 0.0852. The highest BCUT2D eigenvalue weighted by Crippen LogP contribution is 2.22. The second kappa shape index (κ2) is 5.69. The number of nitrogens with one attached hydrogen (secondary N) is 1. The summed E-state index contributed by atoms with van der Waals surface area (Å²) in [6.45, 7) is 0.811. The van der Waals surface area contributed by atoms with Crippen molar-refractivity contribution in [1.29, 1.82) is 0 Å². The van der Waals surface area contributed by atoms with Crippen molar-refractivity contribution in [3.05, 3.63) is 41.0 Å². The van der Waals surface area contributed by atoms with Gasteiger partial charge in [0.05, 0.1) is 6.04 Å². The van der Waals surface area contributed by atoms with Crippen LogP contribution in [0.1, 0.15) is 10.5 Å². The van der Waals surface area contributed by atoms with Crippen LogP contribution in [0.5, 0.6) is 0 Å². The molecular formula is C14H13ClN4O3. The van der Waals surface area contributed by atoms with Gasteiger partial charge in [0, 0.05) is 29.7 Å². The van der Waals surface area contributed by atoms with Gasteiger partial charge in [0.1, 0.15) is 0 Å². The van der Waals surface area contributed by atoms with E-state index in [0.717, 1.165) is 5.56 Å². The maximum atomic E-state index is 12.0. The molecule has 0 bridgehead atoms. The monoisotopic (exact) mass is 320 g/mol. The Morgan fingerprint density at radius 2 is 2.00 bits per heavy atom. The molecule has 1 aliphatic heterocycles. The third-order valence-corrected chi connectivity index (χ3v) is 3.65. The number of halogens is 1. The summed E-state index contributed by atoms with van der Waals surface area (Å²) in [7, 11) is 0. The Bertz CT molecular complexity index is 707. The summed E-state index contributed by atoms with van der Waals surface area (Å²) in [6, 6.07) is 7.97. The second-order valence-electron chi connectivity index (χ2n) is 5.00. The van der Waals surface area contributed by atoms with Crippen LogP contribution in [0.2, 0.25) is 5.02 Å². The molecule has 22 heavy (non-hydrogen) atoms. The van der Waals surface area contributed by atoms with Gasteiger partial charge in [0.25, 0.3) is 5.91 Å². The van der Waals surface area contributed by atoms with Crippen LogP contribution >= 0.6 is 11.6 Å². The molecule has 0 atom stereocenters. The first-order chi connectivity index (χ1) is 10.5. The molecule has 2 aromatic rings. The quantitative estimate of drug-likeness (QED) is 0.894. The third-order valence-electron chi connectivity index (χ3n) is 3.40. The Morgan fingerprint density at radius 1 is 1.32 bits per heavy atom. The first-order valence-corrected chi connectivity index (χ1v) is 6.98. The molecule has 3 rings (SSSR count). The smallest absolute Gasteiger partial charge is 0.314 e. The fourth-order valence-electron chi connectivity index (χ4n) is 2.14. The lowest BCUT2D eigenvalue weighted by Crippen LogP contribution is -2.62. The highest BCUT2D eigenvalue weighted by atomic mass is 35.5. The fourth-order valence-corrected chi connectivity index (χ4v) is 2.27. The van der Waals surface area contributed by atoms with Crippen molar-refractivity contribution in [2.45, 2.75) is 6.04 Å². The Kier molecular flexibility index (Phi) is 3.72. The topological polar surface area (TPSA) is 101 Å². The molecule has 0 saturated carbocycles. The summed E-state index contributed by atoms with van der Waals surface area (Å²) in [6.07, 6.45) is 0. The zero-order valence-corrected chi connectivity index (χ0v) is 12.2. The Hall–Kier alpha value is -2.54. The van der Waals surface area contributed by atoms with Gasteiger partial charge in [-0.25, -0.2) is 4.79 Å². The SMILES string of the molecule is NC(=O)N1CC(NC(=O)c2cc(-c3ccc(Cl)cc3)on2)C1. The van der Waals surface area contributed by atoms with Crippen LogP contribution in [0.25, 0.3) is 11.3 Å². The molecular weight excluding hydrogens is 308 g/mol. The first kappa shape index (κ1) is 14.4. The predicted molar refractivity (Wildman–Crippen MR) is 79.4 cm³/mol. The van der Waals surface area contributed by atoms with Crippen LogP contribution in [0.4, 0.5) is 4.79 Å². The Balaban J connectivity index is 1.63. The van der Waals surface area contributed by atoms with Crippen LogP contribution in [-0.2, 0) is 0 Å². The summed E-state index contributed by atoms with van der Waals surface area (Å²) in [4.78, 5) is 24.3. The minimum atomic E-state index is -0.489. The average Bonchev–Trinajstić information content (AvgIpc) is 2.92. The number of benzene rings is 1. The molecule has 114 valence electrons. The number of hydrogen-bond donors (Lipinski definition) is 2. The Labute approximate surface area is 131 Å². The summed E-state index contributed by atoms with van der Waals surface area (Å²) < 4.78 is 5.17. The van der Waals surface area contributed by atoms with E-state index in [9.17, 15) is 9.59 Å². The fraction of sp³-hybridized carbons (Fsp3) is 0.214. The van der Waals surface area contributed by atoms with Gasteiger partial charge in [-0.15, -0.1) is 0 Å². The van der Waals surface area contributed by atoms with Crippen molar-refractivity contribution in [1.82, 2.24) is 15.4 Å². The summed E-state index contributed by atoms with van der Waals surface area (Å²) in [5, 5.41) is 7.13. The number of amides is 3. The maximum absolute atomic E-state index is 12.0. The van der Waals surface area contributed by atoms with Crippen molar-refractivity contribution >= 4 is 23.5 Å². The summed E-state index contributed by atoms with van der Waals surface area (Å²) in [5.41, 5.74) is 6.08. The molecule has 1 aromatic carbocycles. The molecule has 1 fully saturated rings. The number of carbonyl (C=O) groups is 2. The van der Waals surface area contributed by atoms with Crippen LogP contribution < -0.4 is 11.1 Å². The van der Waals surface area contributed by atoms with Crippen molar-refractivity contribution in [3.8, 4) is 11.3 Å². The minimum absolute atomic E-state index is 0.115. The molecule has 0 unspecified atom stereocenters. The number of primary amides is 1. The van der Waals surface area contributed by atoms with E-state index in [2.05, 4.69) is 10.5 Å². The molecule has 7 nitrogen and oxygen atoms in total. The van der Waals surface area contributed by atoms with Gasteiger partial charge < -0.3 is 20.5 Å². The van der Waals surface area contributed by atoms with E-state index in [1.54, 1.807) is 30.3 Å².